The molecule has 0 bridgehead atoms. The van der Waals surface area contributed by atoms with Gasteiger partial charge in [-0.3, -0.25) is 15.0 Å². The fourth-order valence-corrected chi connectivity index (χ4v) is 5.48. The van der Waals surface area contributed by atoms with E-state index in [1.807, 2.05) is 11.8 Å². The predicted molar refractivity (Wildman–Crippen MR) is 114 cm³/mol. The van der Waals surface area contributed by atoms with E-state index in [1.165, 1.54) is 37.3 Å². The summed E-state index contributed by atoms with van der Waals surface area (Å²) in [5, 5.41) is 11.5. The van der Waals surface area contributed by atoms with Crippen LogP contribution in [-0.4, -0.2) is 50.6 Å². The second-order valence-corrected chi connectivity index (χ2v) is 9.47. The number of nitrogens with one attached hydrogen (secondary N) is 1. The summed E-state index contributed by atoms with van der Waals surface area (Å²) in [5.41, 5.74) is -0.115. The zero-order chi connectivity index (χ0) is 22.8. The van der Waals surface area contributed by atoms with Gasteiger partial charge in [0.05, 0.1) is 23.7 Å². The number of ether oxygens (including phenoxy) is 1. The summed E-state index contributed by atoms with van der Waals surface area (Å²) in [6.07, 6.45) is -0.129. The SMILES string of the molecule is Cc1cccc([N+](=O)[O-])c1S(=O)(=O)NCC(c1c(F)cccc1Cl)N1CCOC(C)C1. The van der Waals surface area contributed by atoms with Crippen molar-refractivity contribution in [2.45, 2.75) is 30.9 Å². The summed E-state index contributed by atoms with van der Waals surface area (Å²) in [6.45, 7) is 4.43. The van der Waals surface area contributed by atoms with Crippen LogP contribution in [0.2, 0.25) is 5.02 Å². The minimum atomic E-state index is -4.26. The van der Waals surface area contributed by atoms with Gasteiger partial charge in [-0.05, 0) is 31.5 Å². The van der Waals surface area contributed by atoms with Gasteiger partial charge in [-0.15, -0.1) is 0 Å². The molecule has 168 valence electrons. The molecule has 2 aromatic carbocycles. The van der Waals surface area contributed by atoms with Crippen molar-refractivity contribution in [3.63, 3.8) is 0 Å². The van der Waals surface area contributed by atoms with Crippen molar-refractivity contribution in [3.05, 3.63) is 68.5 Å². The first kappa shape index (κ1) is 23.6. The van der Waals surface area contributed by atoms with E-state index in [0.717, 1.165) is 6.07 Å². The van der Waals surface area contributed by atoms with Crippen LogP contribution in [0.3, 0.4) is 0 Å². The lowest BCUT2D eigenvalue weighted by Gasteiger charge is -2.38. The van der Waals surface area contributed by atoms with Gasteiger partial charge in [0.1, 0.15) is 5.82 Å². The van der Waals surface area contributed by atoms with E-state index in [1.54, 1.807) is 0 Å². The van der Waals surface area contributed by atoms with Gasteiger partial charge in [-0.2, -0.15) is 0 Å². The Hall–Kier alpha value is -2.11. The third-order valence-corrected chi connectivity index (χ3v) is 7.11. The van der Waals surface area contributed by atoms with Crippen LogP contribution in [0.4, 0.5) is 10.1 Å². The predicted octanol–water partition coefficient (Wildman–Crippen LogP) is 3.44. The van der Waals surface area contributed by atoms with Crippen molar-refractivity contribution < 1.29 is 22.5 Å². The lowest BCUT2D eigenvalue weighted by molar-refractivity contribution is -0.387. The number of sulfonamides is 1. The van der Waals surface area contributed by atoms with Crippen molar-refractivity contribution in [2.75, 3.05) is 26.2 Å². The molecule has 0 amide bonds. The Balaban J connectivity index is 1.97. The maximum absolute atomic E-state index is 14.7. The maximum atomic E-state index is 14.7. The van der Waals surface area contributed by atoms with Gasteiger partial charge in [0.15, 0.2) is 4.90 Å². The first-order chi connectivity index (χ1) is 14.6. The zero-order valence-electron chi connectivity index (χ0n) is 17.0. The molecule has 1 heterocycles. The van der Waals surface area contributed by atoms with E-state index in [0.29, 0.717) is 19.7 Å². The Morgan fingerprint density at radius 2 is 2.06 bits per heavy atom. The van der Waals surface area contributed by atoms with E-state index in [2.05, 4.69) is 4.72 Å². The van der Waals surface area contributed by atoms with Crippen LogP contribution < -0.4 is 4.72 Å². The summed E-state index contributed by atoms with van der Waals surface area (Å²) in [7, 11) is -4.26. The summed E-state index contributed by atoms with van der Waals surface area (Å²) >= 11 is 6.27. The van der Waals surface area contributed by atoms with Gasteiger partial charge in [-0.1, -0.05) is 29.8 Å². The van der Waals surface area contributed by atoms with E-state index < -0.39 is 37.4 Å². The van der Waals surface area contributed by atoms with Crippen LogP contribution in [0.15, 0.2) is 41.3 Å². The van der Waals surface area contributed by atoms with Gasteiger partial charge in [-0.25, -0.2) is 17.5 Å². The highest BCUT2D eigenvalue weighted by Gasteiger charge is 2.33. The molecule has 1 aliphatic heterocycles. The zero-order valence-corrected chi connectivity index (χ0v) is 18.6. The quantitative estimate of drug-likeness (QED) is 0.490. The Kier molecular flexibility index (Phi) is 7.28. The Bertz CT molecular complexity index is 1060. The van der Waals surface area contributed by atoms with E-state index in [-0.39, 0.29) is 28.8 Å². The van der Waals surface area contributed by atoms with Crippen LogP contribution in [-0.2, 0) is 14.8 Å². The molecule has 1 N–H and O–H groups in total. The number of aryl methyl sites for hydroxylation is 1. The number of nitro groups is 1. The Morgan fingerprint density at radius 1 is 1.35 bits per heavy atom. The number of hydrogen-bond acceptors (Lipinski definition) is 6. The number of nitrogens with zero attached hydrogens (tertiary/aromatic N) is 2. The van der Waals surface area contributed by atoms with Crippen LogP contribution >= 0.6 is 11.6 Å². The summed E-state index contributed by atoms with van der Waals surface area (Å²) in [5.74, 6) is -0.558. The minimum Gasteiger partial charge on any atom is -0.376 e. The van der Waals surface area contributed by atoms with Crippen molar-refractivity contribution in [1.82, 2.24) is 9.62 Å². The van der Waals surface area contributed by atoms with Crippen molar-refractivity contribution in [3.8, 4) is 0 Å². The molecule has 11 heteroatoms. The first-order valence-corrected chi connectivity index (χ1v) is 11.5. The van der Waals surface area contributed by atoms with Gasteiger partial charge in [0, 0.05) is 36.3 Å². The van der Waals surface area contributed by atoms with E-state index >= 15 is 0 Å². The van der Waals surface area contributed by atoms with Crippen molar-refractivity contribution in [2.24, 2.45) is 0 Å². The highest BCUT2D eigenvalue weighted by Crippen LogP contribution is 2.32. The largest absolute Gasteiger partial charge is 0.376 e. The molecule has 2 unspecified atom stereocenters. The van der Waals surface area contributed by atoms with Crippen LogP contribution in [0.1, 0.15) is 24.1 Å². The second kappa shape index (κ2) is 9.58. The highest BCUT2D eigenvalue weighted by atomic mass is 35.5. The van der Waals surface area contributed by atoms with Crippen LogP contribution in [0, 0.1) is 22.9 Å². The van der Waals surface area contributed by atoms with Gasteiger partial charge in [0.2, 0.25) is 10.0 Å². The maximum Gasteiger partial charge on any atom is 0.289 e. The van der Waals surface area contributed by atoms with Crippen molar-refractivity contribution in [1.29, 1.82) is 0 Å². The second-order valence-electron chi connectivity index (χ2n) is 7.36. The lowest BCUT2D eigenvalue weighted by atomic mass is 10.0. The number of rotatable bonds is 7. The van der Waals surface area contributed by atoms with Gasteiger partial charge >= 0.3 is 0 Å². The number of morpholine rings is 1. The monoisotopic (exact) mass is 471 g/mol. The molecule has 1 saturated heterocycles. The molecule has 0 radical (unpaired) electrons. The van der Waals surface area contributed by atoms with Gasteiger partial charge in [0.25, 0.3) is 5.69 Å². The van der Waals surface area contributed by atoms with E-state index in [9.17, 15) is 22.9 Å². The van der Waals surface area contributed by atoms with Gasteiger partial charge < -0.3 is 4.74 Å². The highest BCUT2D eigenvalue weighted by molar-refractivity contribution is 7.89. The average molecular weight is 472 g/mol. The third-order valence-electron chi connectivity index (χ3n) is 5.17. The standard InChI is InChI=1S/C20H23ClFN3O5S/c1-13-5-3-8-17(25(26)27)20(13)31(28,29)23-11-18(24-9-10-30-14(2)12-24)19-15(21)6-4-7-16(19)22/h3-8,14,18,23H,9-12H2,1-2H3. The molecule has 2 atom stereocenters. The number of hydrogen-bond donors (Lipinski definition) is 1. The molecule has 2 aromatic rings. The summed E-state index contributed by atoms with van der Waals surface area (Å²) < 4.78 is 48.8. The molecular formula is C20H23ClFN3O5S. The molecule has 31 heavy (non-hydrogen) atoms. The molecular weight excluding hydrogens is 449 g/mol. The number of nitro benzene ring substituents is 1. The third kappa shape index (κ3) is 5.21. The van der Waals surface area contributed by atoms with Crippen molar-refractivity contribution >= 4 is 27.3 Å². The Morgan fingerprint density at radius 3 is 2.71 bits per heavy atom. The fourth-order valence-electron chi connectivity index (χ4n) is 3.76. The molecule has 0 aromatic heterocycles. The summed E-state index contributed by atoms with van der Waals surface area (Å²) in [4.78, 5) is 12.1. The summed E-state index contributed by atoms with van der Waals surface area (Å²) in [6, 6.07) is 7.59. The molecule has 3 rings (SSSR count). The van der Waals surface area contributed by atoms with Crippen LogP contribution in [0.25, 0.3) is 0 Å². The number of benzene rings is 2. The minimum absolute atomic E-state index is 0.129. The lowest BCUT2D eigenvalue weighted by Crippen LogP contribution is -2.47. The normalized spacial score (nSPS) is 18.6. The first-order valence-electron chi connectivity index (χ1n) is 9.65. The topological polar surface area (TPSA) is 102 Å². The smallest absolute Gasteiger partial charge is 0.289 e. The molecule has 0 spiro atoms. The molecule has 0 saturated carbocycles. The number of halogens is 2. The van der Waals surface area contributed by atoms with Crippen LogP contribution in [0.5, 0.6) is 0 Å². The Labute approximate surface area is 185 Å². The molecule has 1 aliphatic rings. The molecule has 0 aliphatic carbocycles. The fraction of sp³-hybridized carbons (Fsp3) is 0.400. The average Bonchev–Trinajstić information content (AvgIpc) is 2.69. The molecule has 8 nitrogen and oxygen atoms in total. The van der Waals surface area contributed by atoms with E-state index in [4.69, 9.17) is 16.3 Å². The molecule has 1 fully saturated rings.